The third-order valence-electron chi connectivity index (χ3n) is 11.8. The van der Waals surface area contributed by atoms with Crippen LogP contribution in [0.2, 0.25) is 0 Å². The fourth-order valence-electron chi connectivity index (χ4n) is 8.15. The second-order valence-corrected chi connectivity index (χ2v) is 22.0. The van der Waals surface area contributed by atoms with Crippen molar-refractivity contribution in [1.29, 1.82) is 0 Å². The molecule has 4 nitrogen and oxygen atoms in total. The molecular weight excluding hydrogens is 717 g/mol. The molecule has 5 heteroatoms. The summed E-state index contributed by atoms with van der Waals surface area (Å²) in [6, 6.07) is 41.8. The molecule has 0 fully saturated rings. The summed E-state index contributed by atoms with van der Waals surface area (Å²) in [6.45, 7) is 26.9. The van der Waals surface area contributed by atoms with E-state index in [1.54, 1.807) is 24.3 Å². The molecule has 57 heavy (non-hydrogen) atoms. The highest BCUT2D eigenvalue weighted by molar-refractivity contribution is 7.91. The summed E-state index contributed by atoms with van der Waals surface area (Å²) in [5, 5.41) is 4.81. The first-order chi connectivity index (χ1) is 26.5. The van der Waals surface area contributed by atoms with Crippen LogP contribution in [-0.4, -0.2) is 17.6 Å². The SMILES string of the molecule is CC(C)(C)c1ccc2c(c1)c1cc(C(C)(C)C)ccc1n2-c1ccc(S(=O)(=O)c2ccc(-n3c4ccc(C(C)(C)C)cc4c4cc(C(C)(C)C)ccc43)cc2)cc1. The van der Waals surface area contributed by atoms with E-state index in [0.29, 0.717) is 0 Å². The van der Waals surface area contributed by atoms with E-state index in [4.69, 9.17) is 0 Å². The molecule has 0 amide bonds. The van der Waals surface area contributed by atoms with E-state index in [-0.39, 0.29) is 31.5 Å². The predicted octanol–water partition coefficient (Wildman–Crippen LogP) is 13.9. The van der Waals surface area contributed by atoms with E-state index in [2.05, 4.69) is 165 Å². The summed E-state index contributed by atoms with van der Waals surface area (Å²) in [5.74, 6) is 0. The van der Waals surface area contributed by atoms with Gasteiger partial charge < -0.3 is 9.13 Å². The van der Waals surface area contributed by atoms with Crippen LogP contribution in [0, 0.1) is 0 Å². The molecule has 8 aromatic rings. The van der Waals surface area contributed by atoms with Crippen molar-refractivity contribution >= 4 is 53.4 Å². The third-order valence-corrected chi connectivity index (χ3v) is 13.6. The Bertz CT molecular complexity index is 2630. The van der Waals surface area contributed by atoms with Crippen molar-refractivity contribution in [1.82, 2.24) is 9.13 Å². The lowest BCUT2D eigenvalue weighted by Gasteiger charge is -2.19. The summed E-state index contributed by atoms with van der Waals surface area (Å²) in [6.07, 6.45) is 0. The molecule has 0 aliphatic heterocycles. The van der Waals surface area contributed by atoms with Gasteiger partial charge in [0.15, 0.2) is 0 Å². The number of rotatable bonds is 4. The van der Waals surface area contributed by atoms with Crippen LogP contribution >= 0.6 is 0 Å². The average Bonchev–Trinajstić information content (AvgIpc) is 3.65. The zero-order valence-corrected chi connectivity index (χ0v) is 36.5. The standard InChI is InChI=1S/C52H56N2O2S/c1-49(2,3)33-13-25-45-41(29-33)42-30-34(50(4,5)6)14-26-46(42)53(45)37-17-21-39(22-18-37)57(55,56)40-23-19-38(20-24-40)54-47-27-15-35(51(7,8)9)31-43(47)44-32-36(52(10,11)12)16-28-48(44)54/h13-32H,1-12H3. The lowest BCUT2D eigenvalue weighted by atomic mass is 9.85. The van der Waals surface area contributed by atoms with Crippen LogP contribution in [0.15, 0.2) is 131 Å². The summed E-state index contributed by atoms with van der Waals surface area (Å²) >= 11 is 0. The largest absolute Gasteiger partial charge is 0.309 e. The fourth-order valence-corrected chi connectivity index (χ4v) is 9.41. The van der Waals surface area contributed by atoms with Crippen LogP contribution in [0.4, 0.5) is 0 Å². The second kappa shape index (κ2) is 12.9. The number of sulfone groups is 1. The Morgan fingerprint density at radius 3 is 0.772 bits per heavy atom. The van der Waals surface area contributed by atoms with E-state index in [1.165, 1.54) is 43.8 Å². The quantitative estimate of drug-likeness (QED) is 0.179. The van der Waals surface area contributed by atoms with Gasteiger partial charge in [0, 0.05) is 32.9 Å². The van der Waals surface area contributed by atoms with Crippen LogP contribution < -0.4 is 0 Å². The topological polar surface area (TPSA) is 44.0 Å². The highest BCUT2D eigenvalue weighted by atomic mass is 32.2. The Morgan fingerprint density at radius 1 is 0.333 bits per heavy atom. The fraction of sp³-hybridized carbons (Fsp3) is 0.308. The maximum absolute atomic E-state index is 14.2. The molecule has 0 saturated heterocycles. The summed E-state index contributed by atoms with van der Waals surface area (Å²) < 4.78 is 32.9. The van der Waals surface area contributed by atoms with Gasteiger partial charge in [-0.15, -0.1) is 0 Å². The number of hydrogen-bond acceptors (Lipinski definition) is 2. The van der Waals surface area contributed by atoms with Gasteiger partial charge in [-0.05, 0) is 141 Å². The lowest BCUT2D eigenvalue weighted by molar-refractivity contribution is 0.590. The Labute approximate surface area is 339 Å². The Balaban J connectivity index is 1.18. The van der Waals surface area contributed by atoms with Crippen molar-refractivity contribution in [3.8, 4) is 11.4 Å². The molecule has 0 aliphatic carbocycles. The minimum atomic E-state index is -3.79. The van der Waals surface area contributed by atoms with Crippen LogP contribution in [0.5, 0.6) is 0 Å². The van der Waals surface area contributed by atoms with E-state index >= 15 is 0 Å². The van der Waals surface area contributed by atoms with Gasteiger partial charge in [-0.3, -0.25) is 0 Å². The molecule has 292 valence electrons. The van der Waals surface area contributed by atoms with Crippen molar-refractivity contribution in [2.24, 2.45) is 0 Å². The van der Waals surface area contributed by atoms with Crippen LogP contribution in [0.1, 0.15) is 105 Å². The van der Waals surface area contributed by atoms with Crippen molar-refractivity contribution < 1.29 is 8.42 Å². The molecule has 2 heterocycles. The van der Waals surface area contributed by atoms with Gasteiger partial charge in [-0.2, -0.15) is 0 Å². The Kier molecular flexibility index (Phi) is 8.79. The van der Waals surface area contributed by atoms with Gasteiger partial charge in [0.05, 0.1) is 31.9 Å². The lowest BCUT2D eigenvalue weighted by Crippen LogP contribution is -2.10. The first-order valence-electron chi connectivity index (χ1n) is 20.2. The van der Waals surface area contributed by atoms with Gasteiger partial charge in [0.2, 0.25) is 9.84 Å². The summed E-state index contributed by atoms with van der Waals surface area (Å²) in [5.41, 5.74) is 11.4. The zero-order chi connectivity index (χ0) is 41.0. The highest BCUT2D eigenvalue weighted by Gasteiger charge is 2.24. The maximum atomic E-state index is 14.2. The molecule has 2 aromatic heterocycles. The van der Waals surface area contributed by atoms with E-state index in [0.717, 1.165) is 33.4 Å². The molecular formula is C52H56N2O2S. The predicted molar refractivity (Wildman–Crippen MR) is 242 cm³/mol. The first kappa shape index (κ1) is 38.7. The molecule has 6 aromatic carbocycles. The smallest absolute Gasteiger partial charge is 0.206 e. The van der Waals surface area contributed by atoms with Crippen LogP contribution in [0.25, 0.3) is 55.0 Å². The molecule has 0 aliphatic rings. The van der Waals surface area contributed by atoms with E-state index < -0.39 is 9.84 Å². The summed E-state index contributed by atoms with van der Waals surface area (Å²) in [7, 11) is -3.79. The van der Waals surface area contributed by atoms with Crippen molar-refractivity contribution in [2.45, 2.75) is 115 Å². The van der Waals surface area contributed by atoms with Gasteiger partial charge in [0.1, 0.15) is 0 Å². The van der Waals surface area contributed by atoms with Crippen LogP contribution in [-0.2, 0) is 31.5 Å². The van der Waals surface area contributed by atoms with Crippen LogP contribution in [0.3, 0.4) is 0 Å². The van der Waals surface area contributed by atoms with Crippen molar-refractivity contribution in [2.75, 3.05) is 0 Å². The van der Waals surface area contributed by atoms with Gasteiger partial charge >= 0.3 is 0 Å². The molecule has 8 rings (SSSR count). The minimum Gasteiger partial charge on any atom is -0.309 e. The average molecular weight is 773 g/mol. The minimum absolute atomic E-state index is 0.00816. The summed E-state index contributed by atoms with van der Waals surface area (Å²) in [4.78, 5) is 0.539. The van der Waals surface area contributed by atoms with Gasteiger partial charge in [-0.1, -0.05) is 107 Å². The Hall–Kier alpha value is -5.13. The third kappa shape index (κ3) is 6.68. The first-order valence-corrected chi connectivity index (χ1v) is 21.7. The monoisotopic (exact) mass is 772 g/mol. The molecule has 0 unspecified atom stereocenters. The normalized spacial score (nSPS) is 13.4. The molecule has 0 bridgehead atoms. The van der Waals surface area contributed by atoms with Gasteiger partial charge in [0.25, 0.3) is 0 Å². The molecule has 0 N–H and O–H groups in total. The van der Waals surface area contributed by atoms with E-state index in [1.807, 2.05) is 24.3 Å². The van der Waals surface area contributed by atoms with Gasteiger partial charge in [-0.25, -0.2) is 8.42 Å². The van der Waals surface area contributed by atoms with Crippen molar-refractivity contribution in [3.05, 3.63) is 144 Å². The number of hydrogen-bond donors (Lipinski definition) is 0. The van der Waals surface area contributed by atoms with E-state index in [9.17, 15) is 8.42 Å². The number of benzene rings is 6. The number of aromatic nitrogens is 2. The highest BCUT2D eigenvalue weighted by Crippen LogP contribution is 2.40. The number of fused-ring (bicyclic) bond motifs is 6. The molecule has 0 saturated carbocycles. The second-order valence-electron chi connectivity index (χ2n) is 20.1. The van der Waals surface area contributed by atoms with Crippen molar-refractivity contribution in [3.63, 3.8) is 0 Å². The number of nitrogens with zero attached hydrogens (tertiary/aromatic N) is 2. The zero-order valence-electron chi connectivity index (χ0n) is 35.7. The molecule has 0 spiro atoms. The molecule has 0 radical (unpaired) electrons. The molecule has 0 atom stereocenters. The Morgan fingerprint density at radius 2 is 0.561 bits per heavy atom. The maximum Gasteiger partial charge on any atom is 0.206 e.